The van der Waals surface area contributed by atoms with Crippen LogP contribution in [-0.2, 0) is 26.1 Å². The van der Waals surface area contributed by atoms with Crippen molar-refractivity contribution in [3.8, 4) is 0 Å². The van der Waals surface area contributed by atoms with E-state index in [1.165, 1.54) is 33.3 Å². The first-order valence-electron chi connectivity index (χ1n) is 7.73. The molecule has 2 aromatic carbocycles. The van der Waals surface area contributed by atoms with Crippen LogP contribution in [0.1, 0.15) is 26.3 Å². The van der Waals surface area contributed by atoms with Gasteiger partial charge in [-0.2, -0.15) is 0 Å². The summed E-state index contributed by atoms with van der Waals surface area (Å²) in [4.78, 5) is 23.3. The third-order valence-corrected chi connectivity index (χ3v) is 5.49. The van der Waals surface area contributed by atoms with Gasteiger partial charge in [0.25, 0.3) is 0 Å². The van der Waals surface area contributed by atoms with E-state index in [1.54, 1.807) is 12.1 Å². The maximum atomic E-state index is 14.0. The lowest BCUT2D eigenvalue weighted by Gasteiger charge is -2.12. The third-order valence-electron chi connectivity index (χ3n) is 3.68. The van der Waals surface area contributed by atoms with Crippen molar-refractivity contribution < 1.29 is 31.9 Å². The van der Waals surface area contributed by atoms with Crippen molar-refractivity contribution in [2.24, 2.45) is 0 Å². The summed E-state index contributed by atoms with van der Waals surface area (Å²) >= 11 is 0. The van der Waals surface area contributed by atoms with Crippen LogP contribution in [0.4, 0.5) is 4.39 Å². The molecule has 0 unspecified atom stereocenters. The van der Waals surface area contributed by atoms with Gasteiger partial charge < -0.3 is 9.47 Å². The molecule has 0 aliphatic rings. The van der Waals surface area contributed by atoms with E-state index in [-0.39, 0.29) is 11.5 Å². The van der Waals surface area contributed by atoms with Crippen molar-refractivity contribution in [1.82, 2.24) is 4.31 Å². The zero-order valence-electron chi connectivity index (χ0n) is 14.9. The molecule has 144 valence electrons. The Morgan fingerprint density at radius 3 is 2.22 bits per heavy atom. The number of carbonyl (C=O) groups excluding carboxylic acids is 2. The van der Waals surface area contributed by atoms with Crippen LogP contribution in [0.3, 0.4) is 0 Å². The van der Waals surface area contributed by atoms with Crippen molar-refractivity contribution >= 4 is 22.0 Å². The summed E-state index contributed by atoms with van der Waals surface area (Å²) < 4.78 is 48.8. The van der Waals surface area contributed by atoms with Gasteiger partial charge in [0.2, 0.25) is 10.0 Å². The average molecular weight is 395 g/mol. The summed E-state index contributed by atoms with van der Waals surface area (Å²) in [7, 11) is 0.100. The number of ether oxygens (including phenoxy) is 2. The molecule has 0 radical (unpaired) electrons. The largest absolute Gasteiger partial charge is 0.465 e. The number of rotatable bonds is 6. The van der Waals surface area contributed by atoms with Crippen LogP contribution in [0.25, 0.3) is 0 Å². The number of benzene rings is 2. The number of hydrogen-bond acceptors (Lipinski definition) is 6. The molecule has 7 nitrogen and oxygen atoms in total. The van der Waals surface area contributed by atoms with Crippen molar-refractivity contribution in [3.63, 3.8) is 0 Å². The molecule has 0 heterocycles. The Hall–Kier alpha value is -2.78. The van der Waals surface area contributed by atoms with Gasteiger partial charge >= 0.3 is 11.9 Å². The fraction of sp³-hybridized carbons (Fsp3) is 0.222. The SMILES string of the molecule is COC(=O)c1ccc(COC(=O)c2cc(S(=O)(=O)N(C)C)ccc2F)cc1. The molecule has 2 rings (SSSR count). The lowest BCUT2D eigenvalue weighted by molar-refractivity contribution is 0.0465. The van der Waals surface area contributed by atoms with E-state index in [0.717, 1.165) is 22.5 Å². The maximum absolute atomic E-state index is 14.0. The number of esters is 2. The predicted octanol–water partition coefficient (Wildman–Crippen LogP) is 2.22. The van der Waals surface area contributed by atoms with Gasteiger partial charge in [-0.1, -0.05) is 12.1 Å². The quantitative estimate of drug-likeness (QED) is 0.697. The lowest BCUT2D eigenvalue weighted by Crippen LogP contribution is -2.22. The summed E-state index contributed by atoms with van der Waals surface area (Å²) in [5.74, 6) is -2.39. The Morgan fingerprint density at radius 1 is 1.04 bits per heavy atom. The summed E-state index contributed by atoms with van der Waals surface area (Å²) in [5.41, 5.74) is 0.415. The fourth-order valence-corrected chi connectivity index (χ4v) is 3.04. The first-order chi connectivity index (χ1) is 12.7. The molecule has 0 saturated carbocycles. The number of nitrogens with zero attached hydrogens (tertiary/aromatic N) is 1. The minimum atomic E-state index is -3.82. The smallest absolute Gasteiger partial charge is 0.341 e. The van der Waals surface area contributed by atoms with Crippen LogP contribution in [0, 0.1) is 5.82 Å². The molecular weight excluding hydrogens is 377 g/mol. The van der Waals surface area contributed by atoms with E-state index < -0.39 is 33.3 Å². The van der Waals surface area contributed by atoms with Gasteiger partial charge in [-0.25, -0.2) is 26.7 Å². The normalized spacial score (nSPS) is 11.3. The predicted molar refractivity (Wildman–Crippen MR) is 94.2 cm³/mol. The van der Waals surface area contributed by atoms with Gasteiger partial charge in [-0.05, 0) is 35.9 Å². The van der Waals surface area contributed by atoms with Crippen molar-refractivity contribution in [2.75, 3.05) is 21.2 Å². The molecule has 0 aliphatic carbocycles. The van der Waals surface area contributed by atoms with Gasteiger partial charge in [-0.15, -0.1) is 0 Å². The van der Waals surface area contributed by atoms with Crippen LogP contribution in [0.2, 0.25) is 0 Å². The van der Waals surface area contributed by atoms with Crippen molar-refractivity contribution in [1.29, 1.82) is 0 Å². The molecule has 0 aromatic heterocycles. The zero-order chi connectivity index (χ0) is 20.2. The summed E-state index contributed by atoms with van der Waals surface area (Å²) in [6.07, 6.45) is 0. The van der Waals surface area contributed by atoms with Gasteiger partial charge in [0.05, 0.1) is 23.1 Å². The van der Waals surface area contributed by atoms with E-state index in [0.29, 0.717) is 11.1 Å². The second-order valence-electron chi connectivity index (χ2n) is 5.69. The van der Waals surface area contributed by atoms with E-state index >= 15 is 0 Å². The van der Waals surface area contributed by atoms with Crippen LogP contribution < -0.4 is 0 Å². The molecular formula is C18H18FNO6S. The third kappa shape index (κ3) is 4.69. The highest BCUT2D eigenvalue weighted by atomic mass is 32.2. The maximum Gasteiger partial charge on any atom is 0.341 e. The Labute approximate surface area is 156 Å². The first kappa shape index (κ1) is 20.5. The Kier molecular flexibility index (Phi) is 6.29. The Bertz CT molecular complexity index is 954. The molecule has 0 fully saturated rings. The van der Waals surface area contributed by atoms with Crippen molar-refractivity contribution in [2.45, 2.75) is 11.5 Å². The van der Waals surface area contributed by atoms with Crippen LogP contribution >= 0.6 is 0 Å². The average Bonchev–Trinajstić information content (AvgIpc) is 2.65. The highest BCUT2D eigenvalue weighted by Gasteiger charge is 2.22. The Balaban J connectivity index is 2.15. The number of sulfonamides is 1. The van der Waals surface area contributed by atoms with Crippen LogP contribution in [0.5, 0.6) is 0 Å². The number of carbonyl (C=O) groups is 2. The Morgan fingerprint density at radius 2 is 1.67 bits per heavy atom. The summed E-state index contributed by atoms with van der Waals surface area (Å²) in [6.45, 7) is -0.176. The number of methoxy groups -OCH3 is 1. The first-order valence-corrected chi connectivity index (χ1v) is 9.17. The van der Waals surface area contributed by atoms with Gasteiger partial charge in [-0.3, -0.25) is 0 Å². The lowest BCUT2D eigenvalue weighted by atomic mass is 10.1. The zero-order valence-corrected chi connectivity index (χ0v) is 15.7. The fourth-order valence-electron chi connectivity index (χ4n) is 2.11. The molecule has 0 bridgehead atoms. The van der Waals surface area contributed by atoms with Gasteiger partial charge in [0.15, 0.2) is 0 Å². The molecule has 0 amide bonds. The van der Waals surface area contributed by atoms with E-state index in [1.807, 2.05) is 0 Å². The van der Waals surface area contributed by atoms with Gasteiger partial charge in [0.1, 0.15) is 12.4 Å². The topological polar surface area (TPSA) is 90.0 Å². The summed E-state index contributed by atoms with van der Waals surface area (Å²) in [6, 6.07) is 9.03. The molecule has 0 atom stereocenters. The molecule has 27 heavy (non-hydrogen) atoms. The molecule has 2 aromatic rings. The monoisotopic (exact) mass is 395 g/mol. The second-order valence-corrected chi connectivity index (χ2v) is 7.85. The number of halogens is 1. The van der Waals surface area contributed by atoms with Gasteiger partial charge in [0, 0.05) is 14.1 Å². The standard InChI is InChI=1S/C18H18FNO6S/c1-20(2)27(23,24)14-8-9-16(19)15(10-14)18(22)26-11-12-4-6-13(7-5-12)17(21)25-3/h4-10H,11H2,1-3H3. The molecule has 9 heteroatoms. The second kappa shape index (κ2) is 8.28. The highest BCUT2D eigenvalue weighted by Crippen LogP contribution is 2.19. The molecule has 0 N–H and O–H groups in total. The molecule has 0 spiro atoms. The minimum Gasteiger partial charge on any atom is -0.465 e. The van der Waals surface area contributed by atoms with Crippen LogP contribution in [-0.4, -0.2) is 45.9 Å². The molecule has 0 saturated heterocycles. The minimum absolute atomic E-state index is 0.176. The van der Waals surface area contributed by atoms with E-state index in [2.05, 4.69) is 4.74 Å². The number of hydrogen-bond donors (Lipinski definition) is 0. The summed E-state index contributed by atoms with van der Waals surface area (Å²) in [5, 5.41) is 0. The van der Waals surface area contributed by atoms with E-state index in [4.69, 9.17) is 4.74 Å². The van der Waals surface area contributed by atoms with Crippen LogP contribution in [0.15, 0.2) is 47.4 Å². The molecule has 0 aliphatic heterocycles. The van der Waals surface area contributed by atoms with Crippen molar-refractivity contribution in [3.05, 3.63) is 65.0 Å². The van der Waals surface area contributed by atoms with E-state index in [9.17, 15) is 22.4 Å². The highest BCUT2D eigenvalue weighted by molar-refractivity contribution is 7.89.